The van der Waals surface area contributed by atoms with Crippen LogP contribution >= 0.6 is 0 Å². The number of carbonyl (C=O) groups is 1. The molecule has 1 aromatic heterocycles. The van der Waals surface area contributed by atoms with E-state index in [0.717, 1.165) is 30.7 Å². The Morgan fingerprint density at radius 2 is 2.28 bits per heavy atom. The Kier molecular flexibility index (Phi) is 6.36. The van der Waals surface area contributed by atoms with Crippen molar-refractivity contribution in [3.8, 4) is 0 Å². The van der Waals surface area contributed by atoms with Crippen molar-refractivity contribution in [2.45, 2.75) is 45.7 Å². The highest BCUT2D eigenvalue weighted by atomic mass is 16.5. The van der Waals surface area contributed by atoms with Crippen LogP contribution in [0.25, 0.3) is 0 Å². The van der Waals surface area contributed by atoms with Crippen molar-refractivity contribution in [1.82, 2.24) is 10.3 Å². The summed E-state index contributed by atoms with van der Waals surface area (Å²) < 4.78 is 4.80. The molecule has 0 bridgehead atoms. The Bertz CT molecular complexity index is 380. The molecule has 4 heteroatoms. The number of methoxy groups -OCH3 is 1. The van der Waals surface area contributed by atoms with Crippen LogP contribution in [0, 0.1) is 6.92 Å². The van der Waals surface area contributed by atoms with E-state index in [1.165, 1.54) is 7.11 Å². The summed E-state index contributed by atoms with van der Waals surface area (Å²) in [4.78, 5) is 16.0. The van der Waals surface area contributed by atoms with Crippen LogP contribution in [0.3, 0.4) is 0 Å². The second-order valence-corrected chi connectivity index (χ2v) is 4.37. The van der Waals surface area contributed by atoms with E-state index in [-0.39, 0.29) is 12.0 Å². The molecule has 0 aromatic carbocycles. The van der Waals surface area contributed by atoms with Crippen LogP contribution in [-0.2, 0) is 16.1 Å². The molecule has 1 unspecified atom stereocenters. The molecule has 1 N–H and O–H groups in total. The largest absolute Gasteiger partial charge is 0.468 e. The van der Waals surface area contributed by atoms with E-state index in [2.05, 4.69) is 17.2 Å². The van der Waals surface area contributed by atoms with E-state index in [1.807, 2.05) is 25.1 Å². The number of pyridine rings is 1. The zero-order valence-electron chi connectivity index (χ0n) is 11.4. The summed E-state index contributed by atoms with van der Waals surface area (Å²) >= 11 is 0. The van der Waals surface area contributed by atoms with Crippen LogP contribution in [0.5, 0.6) is 0 Å². The summed E-state index contributed by atoms with van der Waals surface area (Å²) in [7, 11) is 1.42. The van der Waals surface area contributed by atoms with E-state index < -0.39 is 0 Å². The first-order valence-corrected chi connectivity index (χ1v) is 6.41. The molecule has 18 heavy (non-hydrogen) atoms. The molecular formula is C14H22N2O2. The lowest BCUT2D eigenvalue weighted by atomic mass is 10.1. The Morgan fingerprint density at radius 3 is 2.89 bits per heavy atom. The fraction of sp³-hybridized carbons (Fsp3) is 0.571. The molecule has 1 heterocycles. The quantitative estimate of drug-likeness (QED) is 0.754. The third kappa shape index (κ3) is 4.84. The summed E-state index contributed by atoms with van der Waals surface area (Å²) in [5, 5.41) is 3.21. The predicted molar refractivity (Wildman–Crippen MR) is 71.1 cm³/mol. The van der Waals surface area contributed by atoms with Crippen molar-refractivity contribution in [1.29, 1.82) is 0 Å². The Morgan fingerprint density at radius 1 is 1.50 bits per heavy atom. The number of unbranched alkanes of at least 4 members (excludes halogenated alkanes) is 1. The van der Waals surface area contributed by atoms with Crippen LogP contribution in [-0.4, -0.2) is 24.1 Å². The standard InChI is InChI=1S/C14H22N2O2/c1-4-5-9-13(14(17)18-3)15-10-12-8-6-7-11(2)16-12/h6-8,13,15H,4-5,9-10H2,1-3H3. The molecule has 0 radical (unpaired) electrons. The van der Waals surface area contributed by atoms with Gasteiger partial charge in [-0.3, -0.25) is 15.1 Å². The van der Waals surface area contributed by atoms with Crippen molar-refractivity contribution >= 4 is 5.97 Å². The summed E-state index contributed by atoms with van der Waals surface area (Å²) in [5.74, 6) is -0.198. The second kappa shape index (κ2) is 7.82. The third-order valence-electron chi connectivity index (χ3n) is 2.81. The molecule has 0 fully saturated rings. The summed E-state index contributed by atoms with van der Waals surface area (Å²) in [6.07, 6.45) is 2.88. The highest BCUT2D eigenvalue weighted by Gasteiger charge is 2.17. The van der Waals surface area contributed by atoms with Crippen molar-refractivity contribution in [2.75, 3.05) is 7.11 Å². The normalized spacial score (nSPS) is 12.2. The van der Waals surface area contributed by atoms with Gasteiger partial charge in [-0.25, -0.2) is 0 Å². The van der Waals surface area contributed by atoms with E-state index in [1.54, 1.807) is 0 Å². The molecule has 0 saturated heterocycles. The molecule has 0 aliphatic heterocycles. The first-order chi connectivity index (χ1) is 8.67. The molecule has 0 aliphatic rings. The van der Waals surface area contributed by atoms with Crippen molar-refractivity contribution in [3.05, 3.63) is 29.6 Å². The average Bonchev–Trinajstić information content (AvgIpc) is 2.38. The first-order valence-electron chi connectivity index (χ1n) is 6.41. The topological polar surface area (TPSA) is 51.2 Å². The number of nitrogens with one attached hydrogen (secondary N) is 1. The smallest absolute Gasteiger partial charge is 0.322 e. The SMILES string of the molecule is CCCCC(NCc1cccc(C)n1)C(=O)OC. The molecule has 0 amide bonds. The van der Waals surface area contributed by atoms with Gasteiger partial charge in [-0.05, 0) is 25.5 Å². The number of aryl methyl sites for hydroxylation is 1. The number of esters is 1. The van der Waals surface area contributed by atoms with Crippen LogP contribution < -0.4 is 5.32 Å². The molecule has 1 aromatic rings. The van der Waals surface area contributed by atoms with Crippen molar-refractivity contribution in [2.24, 2.45) is 0 Å². The van der Waals surface area contributed by atoms with Gasteiger partial charge in [0.15, 0.2) is 0 Å². The number of aromatic nitrogens is 1. The van der Waals surface area contributed by atoms with Gasteiger partial charge in [-0.15, -0.1) is 0 Å². The fourth-order valence-corrected chi connectivity index (χ4v) is 1.78. The summed E-state index contributed by atoms with van der Waals surface area (Å²) in [6.45, 7) is 4.65. The minimum absolute atomic E-state index is 0.198. The van der Waals surface area contributed by atoms with Crippen LogP contribution in [0.2, 0.25) is 0 Å². The molecule has 100 valence electrons. The second-order valence-electron chi connectivity index (χ2n) is 4.37. The molecule has 1 rings (SSSR count). The Labute approximate surface area is 109 Å². The average molecular weight is 250 g/mol. The number of nitrogens with zero attached hydrogens (tertiary/aromatic N) is 1. The zero-order valence-corrected chi connectivity index (χ0v) is 11.4. The Hall–Kier alpha value is -1.42. The van der Waals surface area contributed by atoms with Gasteiger partial charge in [-0.1, -0.05) is 25.8 Å². The molecule has 4 nitrogen and oxygen atoms in total. The van der Waals surface area contributed by atoms with Gasteiger partial charge in [0.25, 0.3) is 0 Å². The van der Waals surface area contributed by atoms with Crippen molar-refractivity contribution < 1.29 is 9.53 Å². The Balaban J connectivity index is 2.53. The third-order valence-corrected chi connectivity index (χ3v) is 2.81. The fourth-order valence-electron chi connectivity index (χ4n) is 1.78. The van der Waals surface area contributed by atoms with Gasteiger partial charge >= 0.3 is 5.97 Å². The van der Waals surface area contributed by atoms with E-state index in [4.69, 9.17) is 4.74 Å². The van der Waals surface area contributed by atoms with Gasteiger partial charge in [0, 0.05) is 12.2 Å². The first kappa shape index (κ1) is 14.6. The summed E-state index contributed by atoms with van der Waals surface area (Å²) in [6, 6.07) is 5.64. The lowest BCUT2D eigenvalue weighted by Crippen LogP contribution is -2.37. The lowest BCUT2D eigenvalue weighted by molar-refractivity contribution is -0.143. The van der Waals surface area contributed by atoms with Gasteiger partial charge in [0.05, 0.1) is 12.8 Å². The monoisotopic (exact) mass is 250 g/mol. The number of carbonyl (C=O) groups excluding carboxylic acids is 1. The molecule has 0 saturated carbocycles. The van der Waals surface area contributed by atoms with E-state index in [0.29, 0.717) is 6.54 Å². The van der Waals surface area contributed by atoms with Crippen LogP contribution in [0.1, 0.15) is 37.6 Å². The van der Waals surface area contributed by atoms with Crippen LogP contribution in [0.4, 0.5) is 0 Å². The lowest BCUT2D eigenvalue weighted by Gasteiger charge is -2.15. The van der Waals surface area contributed by atoms with Gasteiger partial charge in [0.2, 0.25) is 0 Å². The number of rotatable bonds is 7. The summed E-state index contributed by atoms with van der Waals surface area (Å²) in [5.41, 5.74) is 1.93. The molecule has 0 aliphatic carbocycles. The number of ether oxygens (including phenoxy) is 1. The number of hydrogen-bond acceptors (Lipinski definition) is 4. The molecule has 1 atom stereocenters. The highest BCUT2D eigenvalue weighted by molar-refractivity contribution is 5.75. The minimum atomic E-state index is -0.239. The van der Waals surface area contributed by atoms with Gasteiger partial charge in [0.1, 0.15) is 6.04 Å². The maximum atomic E-state index is 11.6. The predicted octanol–water partition coefficient (Wildman–Crippen LogP) is 2.21. The molecular weight excluding hydrogens is 228 g/mol. The van der Waals surface area contributed by atoms with E-state index >= 15 is 0 Å². The van der Waals surface area contributed by atoms with Crippen molar-refractivity contribution in [3.63, 3.8) is 0 Å². The van der Waals surface area contributed by atoms with E-state index in [9.17, 15) is 4.79 Å². The van der Waals surface area contributed by atoms with Gasteiger partial charge < -0.3 is 4.74 Å². The van der Waals surface area contributed by atoms with Gasteiger partial charge in [-0.2, -0.15) is 0 Å². The highest BCUT2D eigenvalue weighted by Crippen LogP contribution is 2.04. The van der Waals surface area contributed by atoms with Crippen LogP contribution in [0.15, 0.2) is 18.2 Å². The molecule has 0 spiro atoms. The number of hydrogen-bond donors (Lipinski definition) is 1. The maximum absolute atomic E-state index is 11.6. The zero-order chi connectivity index (χ0) is 13.4. The minimum Gasteiger partial charge on any atom is -0.468 e. The maximum Gasteiger partial charge on any atom is 0.322 e.